The summed E-state index contributed by atoms with van der Waals surface area (Å²) < 4.78 is 13.0. The van der Waals surface area contributed by atoms with Crippen LogP contribution in [0.2, 0.25) is 0 Å². The summed E-state index contributed by atoms with van der Waals surface area (Å²) in [7, 11) is 4.66. The highest BCUT2D eigenvalue weighted by molar-refractivity contribution is 5.92. The second kappa shape index (κ2) is 9.55. The van der Waals surface area contributed by atoms with Crippen LogP contribution in [0.1, 0.15) is 11.1 Å². The molecule has 156 valence electrons. The van der Waals surface area contributed by atoms with Crippen molar-refractivity contribution >= 4 is 11.7 Å². The number of nitrogens with zero attached hydrogens (tertiary/aromatic N) is 5. The summed E-state index contributed by atoms with van der Waals surface area (Å²) in [6.45, 7) is 2.15. The molecule has 1 aromatic heterocycles. The molecule has 0 bridgehead atoms. The largest absolute Gasteiger partial charge is 0.494 e. The van der Waals surface area contributed by atoms with Crippen LogP contribution in [-0.4, -0.2) is 37.0 Å². The van der Waals surface area contributed by atoms with Gasteiger partial charge in [-0.1, -0.05) is 29.5 Å². The molecule has 0 saturated heterocycles. The van der Waals surface area contributed by atoms with Crippen molar-refractivity contribution in [1.82, 2.24) is 15.1 Å². The number of nitrogens with one attached hydrogen (secondary N) is 1. The molecule has 0 atom stereocenters. The monoisotopic (exact) mass is 408 g/mol. The van der Waals surface area contributed by atoms with Crippen LogP contribution in [0.4, 0.5) is 10.5 Å². The van der Waals surface area contributed by atoms with Crippen LogP contribution >= 0.6 is 0 Å². The molecule has 2 aromatic carbocycles. The number of ether oxygens (including phenoxy) is 2. The molecule has 0 spiro atoms. The average Bonchev–Trinajstić information content (AvgIpc) is 3.25. The molecule has 3 aromatic rings. The Morgan fingerprint density at radius 3 is 2.73 bits per heavy atom. The maximum absolute atomic E-state index is 12.3. The first-order valence-corrected chi connectivity index (χ1v) is 9.31. The summed E-state index contributed by atoms with van der Waals surface area (Å²) in [6.07, 6.45) is 1.80. The van der Waals surface area contributed by atoms with E-state index in [4.69, 9.17) is 9.47 Å². The van der Waals surface area contributed by atoms with Gasteiger partial charge in [0.2, 0.25) is 5.88 Å². The van der Waals surface area contributed by atoms with Crippen molar-refractivity contribution in [2.45, 2.75) is 13.5 Å². The van der Waals surface area contributed by atoms with E-state index in [0.29, 0.717) is 17.3 Å². The van der Waals surface area contributed by atoms with E-state index in [2.05, 4.69) is 20.8 Å². The predicted octanol–water partition coefficient (Wildman–Crippen LogP) is 3.91. The van der Waals surface area contributed by atoms with Gasteiger partial charge in [0, 0.05) is 24.9 Å². The third-order valence-corrected chi connectivity index (χ3v) is 4.46. The topological polar surface area (TPSA) is 93.3 Å². The number of aryl methyl sites for hydroxylation is 1. The van der Waals surface area contributed by atoms with Crippen molar-refractivity contribution in [2.24, 2.45) is 10.3 Å². The molecule has 0 saturated carbocycles. The Morgan fingerprint density at radius 1 is 1.20 bits per heavy atom. The number of methoxy groups -OCH3 is 1. The SMILES string of the molecule is C/N=N\N(C(=O)NC)c1cccc(C)c1COc1ccn(-c2ccccc2OC)n1. The maximum Gasteiger partial charge on any atom is 0.343 e. The van der Waals surface area contributed by atoms with Crippen molar-refractivity contribution in [1.29, 1.82) is 0 Å². The van der Waals surface area contributed by atoms with Gasteiger partial charge < -0.3 is 14.8 Å². The molecular weight excluding hydrogens is 384 g/mol. The van der Waals surface area contributed by atoms with Crippen molar-refractivity contribution in [3.05, 3.63) is 65.9 Å². The molecule has 0 unspecified atom stereocenters. The van der Waals surface area contributed by atoms with E-state index in [0.717, 1.165) is 16.8 Å². The van der Waals surface area contributed by atoms with Crippen LogP contribution in [0.5, 0.6) is 11.6 Å². The lowest BCUT2D eigenvalue weighted by Gasteiger charge is -2.20. The molecule has 30 heavy (non-hydrogen) atoms. The zero-order valence-electron chi connectivity index (χ0n) is 17.4. The number of carbonyl (C=O) groups is 1. The van der Waals surface area contributed by atoms with E-state index in [1.54, 1.807) is 30.1 Å². The van der Waals surface area contributed by atoms with Gasteiger partial charge in [-0.3, -0.25) is 0 Å². The Kier molecular flexibility index (Phi) is 6.63. The molecule has 2 amide bonds. The number of rotatable bonds is 7. The highest BCUT2D eigenvalue weighted by Crippen LogP contribution is 2.27. The maximum atomic E-state index is 12.3. The smallest absolute Gasteiger partial charge is 0.343 e. The number of carbonyl (C=O) groups excluding carboxylic acids is 1. The van der Waals surface area contributed by atoms with Crippen molar-refractivity contribution in [3.63, 3.8) is 0 Å². The summed E-state index contributed by atoms with van der Waals surface area (Å²) in [6, 6.07) is 14.6. The fourth-order valence-electron chi connectivity index (χ4n) is 2.95. The first kappa shape index (κ1) is 20.8. The first-order chi connectivity index (χ1) is 14.6. The molecule has 9 nitrogen and oxygen atoms in total. The van der Waals surface area contributed by atoms with Gasteiger partial charge in [-0.2, -0.15) is 10.1 Å². The molecule has 1 heterocycles. The van der Waals surface area contributed by atoms with Gasteiger partial charge in [0.1, 0.15) is 18.0 Å². The Balaban J connectivity index is 1.85. The van der Waals surface area contributed by atoms with Gasteiger partial charge in [-0.15, -0.1) is 5.10 Å². The normalized spacial score (nSPS) is 10.8. The number of benzene rings is 2. The number of amides is 2. The number of hydrogen-bond donors (Lipinski definition) is 1. The Labute approximate surface area is 174 Å². The van der Waals surface area contributed by atoms with E-state index in [1.165, 1.54) is 19.1 Å². The Morgan fingerprint density at radius 2 is 2.00 bits per heavy atom. The van der Waals surface area contributed by atoms with Crippen LogP contribution in [0, 0.1) is 6.92 Å². The molecule has 0 aliphatic carbocycles. The summed E-state index contributed by atoms with van der Waals surface area (Å²) in [5.74, 6) is 1.15. The Bertz CT molecular complexity index is 1050. The number of para-hydroxylation sites is 2. The van der Waals surface area contributed by atoms with Crippen molar-refractivity contribution < 1.29 is 14.3 Å². The van der Waals surface area contributed by atoms with E-state index in [1.807, 2.05) is 43.3 Å². The molecule has 0 fully saturated rings. The predicted molar refractivity (Wildman–Crippen MR) is 113 cm³/mol. The van der Waals surface area contributed by atoms with Crippen molar-refractivity contribution in [3.8, 4) is 17.3 Å². The van der Waals surface area contributed by atoms with Crippen molar-refractivity contribution in [2.75, 3.05) is 26.2 Å². The Hall–Kier alpha value is -3.88. The van der Waals surface area contributed by atoms with Gasteiger partial charge in [-0.05, 0) is 30.7 Å². The number of anilines is 1. The molecule has 9 heteroatoms. The summed E-state index contributed by atoms with van der Waals surface area (Å²) in [5, 5.41) is 15.9. The van der Waals surface area contributed by atoms with Gasteiger partial charge in [0.25, 0.3) is 0 Å². The van der Waals surface area contributed by atoms with Crippen LogP contribution in [-0.2, 0) is 6.61 Å². The number of urea groups is 1. The van der Waals surface area contributed by atoms with Gasteiger partial charge >= 0.3 is 6.03 Å². The third-order valence-electron chi connectivity index (χ3n) is 4.46. The molecule has 1 N–H and O–H groups in total. The summed E-state index contributed by atoms with van der Waals surface area (Å²) in [5.41, 5.74) is 3.15. The first-order valence-electron chi connectivity index (χ1n) is 9.31. The van der Waals surface area contributed by atoms with Gasteiger partial charge in [0.05, 0.1) is 19.8 Å². The zero-order chi connectivity index (χ0) is 21.5. The number of aromatic nitrogens is 2. The third kappa shape index (κ3) is 4.40. The lowest BCUT2D eigenvalue weighted by molar-refractivity contribution is 0.247. The summed E-state index contributed by atoms with van der Waals surface area (Å²) in [4.78, 5) is 12.3. The van der Waals surface area contributed by atoms with Crippen LogP contribution in [0.25, 0.3) is 5.69 Å². The van der Waals surface area contributed by atoms with Crippen LogP contribution in [0.3, 0.4) is 0 Å². The highest BCUT2D eigenvalue weighted by atomic mass is 16.5. The van der Waals surface area contributed by atoms with E-state index >= 15 is 0 Å². The standard InChI is InChI=1S/C21H24N6O3/c1-15-8-7-10-17(27(25-23-3)21(28)22-2)16(15)14-30-20-12-13-26(24-20)18-9-5-6-11-19(18)29-4/h5-13H,14H2,1-4H3,(H,22,28)/b25-23-. The van der Waals surface area contributed by atoms with E-state index in [-0.39, 0.29) is 6.61 Å². The zero-order valence-corrected chi connectivity index (χ0v) is 17.4. The minimum absolute atomic E-state index is 0.206. The molecule has 0 aliphatic rings. The second-order valence-electron chi connectivity index (χ2n) is 6.29. The average molecular weight is 408 g/mol. The fourth-order valence-corrected chi connectivity index (χ4v) is 2.95. The second-order valence-corrected chi connectivity index (χ2v) is 6.29. The molecule has 0 radical (unpaired) electrons. The molecular formula is C21H24N6O3. The highest BCUT2D eigenvalue weighted by Gasteiger charge is 2.19. The molecule has 3 rings (SSSR count). The minimum atomic E-state index is -0.395. The molecule has 0 aliphatic heterocycles. The number of hydrogen-bond acceptors (Lipinski definition) is 6. The minimum Gasteiger partial charge on any atom is -0.494 e. The fraction of sp³-hybridized carbons (Fsp3) is 0.238. The van der Waals surface area contributed by atoms with Gasteiger partial charge in [-0.25, -0.2) is 9.48 Å². The lowest BCUT2D eigenvalue weighted by atomic mass is 10.1. The summed E-state index contributed by atoms with van der Waals surface area (Å²) >= 11 is 0. The van der Waals surface area contributed by atoms with E-state index < -0.39 is 6.03 Å². The van der Waals surface area contributed by atoms with Crippen LogP contribution < -0.4 is 19.8 Å². The van der Waals surface area contributed by atoms with Gasteiger partial charge in [0.15, 0.2) is 0 Å². The lowest BCUT2D eigenvalue weighted by Crippen LogP contribution is -2.34. The van der Waals surface area contributed by atoms with E-state index in [9.17, 15) is 4.79 Å². The van der Waals surface area contributed by atoms with Crippen LogP contribution in [0.15, 0.2) is 65.1 Å². The quantitative estimate of drug-likeness (QED) is 0.474.